The first-order valence-electron chi connectivity index (χ1n) is 14.0. The predicted octanol–water partition coefficient (Wildman–Crippen LogP) is 5.90. The molecule has 0 fully saturated rings. The molecule has 0 spiro atoms. The lowest BCUT2D eigenvalue weighted by Crippen LogP contribution is -2.50. The van der Waals surface area contributed by atoms with Crippen molar-refractivity contribution in [1.29, 1.82) is 0 Å². The molecule has 0 aliphatic rings. The van der Waals surface area contributed by atoms with Crippen LogP contribution >= 0.6 is 0 Å². The number of carbonyl (C=O) groups excluding carboxylic acids is 7. The fraction of sp³-hybridized carbons (Fsp3) is 0.700. The van der Waals surface area contributed by atoms with Crippen molar-refractivity contribution in [3.63, 3.8) is 0 Å². The van der Waals surface area contributed by atoms with E-state index in [4.69, 9.17) is 23.7 Å². The average molecular weight is 629 g/mol. The third-order valence-corrected chi connectivity index (χ3v) is 4.59. The Labute approximate surface area is 259 Å². The minimum absolute atomic E-state index is 0.00978. The van der Waals surface area contributed by atoms with Gasteiger partial charge in [-0.05, 0) is 96.4 Å². The zero-order valence-electron chi connectivity index (χ0n) is 28.2. The third-order valence-electron chi connectivity index (χ3n) is 4.59. The highest BCUT2D eigenvalue weighted by molar-refractivity contribution is 6.08. The van der Waals surface area contributed by atoms with E-state index in [0.29, 0.717) is 0 Å². The Kier molecular flexibility index (Phi) is 13.8. The molecule has 14 nitrogen and oxygen atoms in total. The Morgan fingerprint density at radius 1 is 0.591 bits per heavy atom. The summed E-state index contributed by atoms with van der Waals surface area (Å²) in [6.07, 6.45) is -6.58. The number of hydrogen-bond acceptors (Lipinski definition) is 12. The van der Waals surface area contributed by atoms with Gasteiger partial charge in [-0.15, -0.1) is 9.80 Å². The summed E-state index contributed by atoms with van der Waals surface area (Å²) in [5.74, 6) is -4.77. The van der Waals surface area contributed by atoms with Gasteiger partial charge in [-0.25, -0.2) is 24.0 Å². The van der Waals surface area contributed by atoms with Crippen molar-refractivity contribution in [2.75, 3.05) is 6.61 Å². The van der Waals surface area contributed by atoms with E-state index in [1.807, 2.05) is 0 Å². The molecule has 1 unspecified atom stereocenters. The molecule has 14 heteroatoms. The lowest BCUT2D eigenvalue weighted by molar-refractivity contribution is -0.144. The summed E-state index contributed by atoms with van der Waals surface area (Å²) in [6, 6.07) is 0. The number of ether oxygens (including phenoxy) is 5. The minimum Gasteiger partial charge on any atom is -0.462 e. The van der Waals surface area contributed by atoms with Crippen LogP contribution in [0.15, 0.2) is 12.2 Å². The highest BCUT2D eigenvalue weighted by Gasteiger charge is 2.42. The van der Waals surface area contributed by atoms with E-state index in [9.17, 15) is 33.6 Å². The summed E-state index contributed by atoms with van der Waals surface area (Å²) in [5, 5.41) is 0. The maximum Gasteiger partial charge on any atom is 0.426 e. The topological polar surface area (TPSA) is 172 Å². The van der Waals surface area contributed by atoms with Gasteiger partial charge in [0.15, 0.2) is 0 Å². The van der Waals surface area contributed by atoms with Crippen LogP contribution in [0.2, 0.25) is 0 Å². The number of esters is 1. The summed E-state index contributed by atoms with van der Waals surface area (Å²) in [4.78, 5) is 91.2. The van der Waals surface area contributed by atoms with Crippen molar-refractivity contribution >= 4 is 42.2 Å². The van der Waals surface area contributed by atoms with E-state index < -0.39 is 89.9 Å². The second-order valence-corrected chi connectivity index (χ2v) is 13.9. The molecule has 44 heavy (non-hydrogen) atoms. The number of amides is 6. The molecular weight excluding hydrogens is 580 g/mol. The van der Waals surface area contributed by atoms with E-state index in [2.05, 4.69) is 6.58 Å². The first-order valence-corrected chi connectivity index (χ1v) is 14.0. The molecule has 1 atom stereocenters. The Morgan fingerprint density at radius 2 is 0.909 bits per heavy atom. The molecule has 0 aliphatic carbocycles. The maximum absolute atomic E-state index is 13.7. The number of imide groups is 6. The smallest absolute Gasteiger partial charge is 0.426 e. The average Bonchev–Trinajstić information content (AvgIpc) is 2.73. The molecule has 0 radical (unpaired) electrons. The molecule has 0 saturated carbocycles. The number of carbonyl (C=O) groups is 7. The minimum atomic E-state index is -1.53. The second kappa shape index (κ2) is 15.2. The van der Waals surface area contributed by atoms with E-state index in [1.54, 1.807) is 0 Å². The van der Waals surface area contributed by atoms with Crippen molar-refractivity contribution in [2.45, 2.75) is 125 Å². The van der Waals surface area contributed by atoms with Crippen molar-refractivity contribution in [2.24, 2.45) is 5.92 Å². The van der Waals surface area contributed by atoms with Crippen molar-refractivity contribution in [3.05, 3.63) is 12.2 Å². The van der Waals surface area contributed by atoms with Gasteiger partial charge in [-0.2, -0.15) is 0 Å². The monoisotopic (exact) mass is 628 g/mol. The third kappa shape index (κ3) is 15.5. The Morgan fingerprint density at radius 3 is 1.20 bits per heavy atom. The van der Waals surface area contributed by atoms with Gasteiger partial charge in [0.2, 0.25) is 11.8 Å². The van der Waals surface area contributed by atoms with Crippen LogP contribution in [0.1, 0.15) is 103 Å². The normalized spacial score (nSPS) is 12.7. The van der Waals surface area contributed by atoms with Gasteiger partial charge in [0.25, 0.3) is 0 Å². The number of nitrogens with zero attached hydrogens (tertiary/aromatic N) is 2. The highest BCUT2D eigenvalue weighted by Crippen LogP contribution is 2.22. The maximum atomic E-state index is 13.7. The molecular formula is C30H48N2O12. The van der Waals surface area contributed by atoms with Gasteiger partial charge in [0.1, 0.15) is 29.0 Å². The molecule has 0 aromatic carbocycles. The lowest BCUT2D eigenvalue weighted by atomic mass is 10.0. The molecule has 0 N–H and O–H groups in total. The molecule has 0 heterocycles. The summed E-state index contributed by atoms with van der Waals surface area (Å²) in [5.41, 5.74) is -4.44. The van der Waals surface area contributed by atoms with Gasteiger partial charge in [0.05, 0.1) is 5.92 Å². The fourth-order valence-electron chi connectivity index (χ4n) is 2.93. The standard InChI is InChI=1S/C30H48N2O12/c1-18(2)22(35)40-17-19(21(34)32(25(38)43-29(9,10)11)26(39)44-30(12,13)14)15-16-20(33)31(23(36)41-27(3,4)5)24(37)42-28(6,7)8/h19H,1,15-17H2,2-14H3. The van der Waals surface area contributed by atoms with Crippen LogP contribution in [-0.4, -0.2) is 81.0 Å². The second-order valence-electron chi connectivity index (χ2n) is 13.9. The van der Waals surface area contributed by atoms with E-state index in [-0.39, 0.29) is 15.4 Å². The van der Waals surface area contributed by atoms with Crippen molar-refractivity contribution in [1.82, 2.24) is 9.80 Å². The molecule has 250 valence electrons. The van der Waals surface area contributed by atoms with Gasteiger partial charge >= 0.3 is 30.3 Å². The van der Waals surface area contributed by atoms with Crippen LogP contribution < -0.4 is 0 Å². The van der Waals surface area contributed by atoms with Gasteiger partial charge in [-0.1, -0.05) is 6.58 Å². The van der Waals surface area contributed by atoms with Gasteiger partial charge < -0.3 is 23.7 Å². The quantitative estimate of drug-likeness (QED) is 0.186. The molecule has 0 aromatic heterocycles. The van der Waals surface area contributed by atoms with E-state index in [1.165, 1.54) is 90.0 Å². The highest BCUT2D eigenvalue weighted by atomic mass is 16.6. The Hall–Kier alpha value is -3.97. The Balaban J connectivity index is 6.54. The van der Waals surface area contributed by atoms with Crippen LogP contribution in [-0.2, 0) is 38.1 Å². The van der Waals surface area contributed by atoms with Crippen LogP contribution in [0.25, 0.3) is 0 Å². The Bertz CT molecular complexity index is 1070. The molecule has 6 amide bonds. The van der Waals surface area contributed by atoms with Gasteiger partial charge in [0, 0.05) is 12.0 Å². The molecule has 0 aromatic rings. The first kappa shape index (κ1) is 40.0. The largest absolute Gasteiger partial charge is 0.462 e. The SMILES string of the molecule is C=C(C)C(=O)OCC(CCC(=O)N(C(=O)OC(C)(C)C)C(=O)OC(C)(C)C)C(=O)N(C(=O)OC(C)(C)C)C(=O)OC(C)(C)C. The summed E-state index contributed by atoms with van der Waals surface area (Å²) < 4.78 is 26.0. The predicted molar refractivity (Wildman–Crippen MR) is 157 cm³/mol. The zero-order valence-corrected chi connectivity index (χ0v) is 28.2. The number of hydrogen-bond donors (Lipinski definition) is 0. The summed E-state index contributed by atoms with van der Waals surface area (Å²) in [6.45, 7) is 22.3. The first-order chi connectivity index (χ1) is 19.5. The van der Waals surface area contributed by atoms with E-state index in [0.717, 1.165) is 0 Å². The van der Waals surface area contributed by atoms with E-state index >= 15 is 0 Å². The van der Waals surface area contributed by atoms with Gasteiger partial charge in [-0.3, -0.25) is 9.59 Å². The lowest BCUT2D eigenvalue weighted by Gasteiger charge is -2.30. The molecule has 0 rings (SSSR count). The summed E-state index contributed by atoms with van der Waals surface area (Å²) in [7, 11) is 0. The molecule has 0 saturated heterocycles. The molecule has 0 aliphatic heterocycles. The van der Waals surface area contributed by atoms with Crippen molar-refractivity contribution in [3.8, 4) is 0 Å². The zero-order chi connectivity index (χ0) is 35.0. The molecule has 0 bridgehead atoms. The van der Waals surface area contributed by atoms with Crippen LogP contribution in [0, 0.1) is 5.92 Å². The van der Waals surface area contributed by atoms with Crippen molar-refractivity contribution < 1.29 is 57.2 Å². The summed E-state index contributed by atoms with van der Waals surface area (Å²) >= 11 is 0. The fourth-order valence-corrected chi connectivity index (χ4v) is 2.93. The number of rotatable bonds is 7. The van der Waals surface area contributed by atoms with Crippen LogP contribution in [0.5, 0.6) is 0 Å². The van der Waals surface area contributed by atoms with Crippen LogP contribution in [0.3, 0.4) is 0 Å². The van der Waals surface area contributed by atoms with Crippen LogP contribution in [0.4, 0.5) is 19.2 Å².